The summed E-state index contributed by atoms with van der Waals surface area (Å²) in [6.45, 7) is 2.17. The number of benzene rings is 2. The summed E-state index contributed by atoms with van der Waals surface area (Å²) in [4.78, 5) is 10.9. The molecule has 2 aromatic rings. The summed E-state index contributed by atoms with van der Waals surface area (Å²) in [7, 11) is 0. The van der Waals surface area contributed by atoms with E-state index in [4.69, 9.17) is 33.0 Å². The summed E-state index contributed by atoms with van der Waals surface area (Å²) in [5.74, 6) is -0.269. The van der Waals surface area contributed by atoms with Crippen molar-refractivity contribution in [2.75, 3.05) is 0 Å². The fourth-order valence-corrected chi connectivity index (χ4v) is 2.91. The van der Waals surface area contributed by atoms with Crippen LogP contribution in [0.3, 0.4) is 0 Å². The van der Waals surface area contributed by atoms with Gasteiger partial charge in [0.2, 0.25) is 0 Å². The molecule has 7 heteroatoms. The largest absolute Gasteiger partial charge is 0.488 e. The van der Waals surface area contributed by atoms with Crippen molar-refractivity contribution in [3.05, 3.63) is 62.0 Å². The van der Waals surface area contributed by atoms with Crippen molar-refractivity contribution in [2.24, 2.45) is 0 Å². The normalized spacial score (nSPS) is 12.0. The van der Waals surface area contributed by atoms with Crippen LogP contribution >= 0.6 is 39.1 Å². The molecule has 24 heavy (non-hydrogen) atoms. The van der Waals surface area contributed by atoms with Gasteiger partial charge in [0.05, 0.1) is 0 Å². The van der Waals surface area contributed by atoms with E-state index in [0.717, 1.165) is 10.0 Å². The molecule has 0 bridgehead atoms. The summed E-state index contributed by atoms with van der Waals surface area (Å²) in [6, 6.07) is 10.2. The molecule has 1 atom stereocenters. The van der Waals surface area contributed by atoms with Crippen molar-refractivity contribution in [1.29, 1.82) is 0 Å². The van der Waals surface area contributed by atoms with Gasteiger partial charge in [0, 0.05) is 32.2 Å². The van der Waals surface area contributed by atoms with Gasteiger partial charge in [0.25, 0.3) is 0 Å². The molecule has 0 spiro atoms. The first kappa shape index (κ1) is 19.1. The summed E-state index contributed by atoms with van der Waals surface area (Å²) in [5, 5.41) is 13.0. The van der Waals surface area contributed by atoms with Crippen LogP contribution in [0.4, 0.5) is 0 Å². The second-order valence-electron chi connectivity index (χ2n) is 5.18. The maximum Gasteiger partial charge on any atom is 0.320 e. The maximum atomic E-state index is 10.9. The van der Waals surface area contributed by atoms with Gasteiger partial charge in [-0.15, -0.1) is 0 Å². The van der Waals surface area contributed by atoms with E-state index in [9.17, 15) is 4.79 Å². The zero-order valence-corrected chi connectivity index (χ0v) is 16.0. The average molecular weight is 433 g/mol. The van der Waals surface area contributed by atoms with Gasteiger partial charge in [-0.3, -0.25) is 4.79 Å². The Bertz CT molecular complexity index is 720. The first-order valence-corrected chi connectivity index (χ1v) is 8.73. The maximum absolute atomic E-state index is 10.9. The van der Waals surface area contributed by atoms with Crippen LogP contribution in [-0.2, 0) is 17.9 Å². The SMILES string of the molecule is CC(NCc1cc(Br)ccc1OCc1c(Cl)cccc1Cl)C(=O)O. The van der Waals surface area contributed by atoms with Crippen molar-refractivity contribution >= 4 is 45.1 Å². The van der Waals surface area contributed by atoms with Gasteiger partial charge >= 0.3 is 5.97 Å². The Morgan fingerprint density at radius 3 is 2.58 bits per heavy atom. The topological polar surface area (TPSA) is 58.6 Å². The van der Waals surface area contributed by atoms with Crippen LogP contribution in [0.2, 0.25) is 10.0 Å². The predicted octanol–water partition coefficient (Wildman–Crippen LogP) is 4.90. The third-order valence-corrected chi connectivity index (χ3v) is 4.63. The van der Waals surface area contributed by atoms with E-state index >= 15 is 0 Å². The molecule has 0 radical (unpaired) electrons. The number of hydrogen-bond acceptors (Lipinski definition) is 3. The molecule has 0 heterocycles. The van der Waals surface area contributed by atoms with E-state index in [0.29, 0.717) is 27.9 Å². The molecule has 2 N–H and O–H groups in total. The molecule has 2 rings (SSSR count). The molecule has 0 aliphatic heterocycles. The molecule has 128 valence electrons. The number of ether oxygens (including phenoxy) is 1. The van der Waals surface area contributed by atoms with Gasteiger partial charge < -0.3 is 15.2 Å². The summed E-state index contributed by atoms with van der Waals surface area (Å²) >= 11 is 15.7. The second kappa shape index (κ2) is 8.72. The molecule has 0 amide bonds. The van der Waals surface area contributed by atoms with Gasteiger partial charge in [-0.1, -0.05) is 45.2 Å². The highest BCUT2D eigenvalue weighted by molar-refractivity contribution is 9.10. The number of halogens is 3. The van der Waals surface area contributed by atoms with Crippen molar-refractivity contribution < 1.29 is 14.6 Å². The molecule has 1 unspecified atom stereocenters. The van der Waals surface area contributed by atoms with Crippen LogP contribution in [0, 0.1) is 0 Å². The monoisotopic (exact) mass is 431 g/mol. The van der Waals surface area contributed by atoms with Crippen molar-refractivity contribution in [3.63, 3.8) is 0 Å². The minimum atomic E-state index is -0.907. The smallest absolute Gasteiger partial charge is 0.320 e. The molecule has 0 aromatic heterocycles. The van der Waals surface area contributed by atoms with E-state index < -0.39 is 12.0 Å². The number of hydrogen-bond donors (Lipinski definition) is 2. The number of rotatable bonds is 7. The lowest BCUT2D eigenvalue weighted by molar-refractivity contribution is -0.139. The summed E-state index contributed by atoms with van der Waals surface area (Å²) in [6.07, 6.45) is 0. The number of carboxylic acids is 1. The van der Waals surface area contributed by atoms with Crippen LogP contribution in [0.25, 0.3) is 0 Å². The Kier molecular flexibility index (Phi) is 6.92. The standard InChI is InChI=1S/C17H16BrCl2NO3/c1-10(17(22)23)21-8-11-7-12(18)5-6-16(11)24-9-13-14(19)3-2-4-15(13)20/h2-7,10,21H,8-9H2,1H3,(H,22,23). The predicted molar refractivity (Wildman–Crippen MR) is 98.9 cm³/mol. The van der Waals surface area contributed by atoms with Gasteiger partial charge in [0.1, 0.15) is 18.4 Å². The lowest BCUT2D eigenvalue weighted by Crippen LogP contribution is -2.33. The Labute approximate surface area is 158 Å². The van der Waals surface area contributed by atoms with Crippen LogP contribution in [0.5, 0.6) is 5.75 Å². The average Bonchev–Trinajstić information content (AvgIpc) is 2.53. The number of carbonyl (C=O) groups is 1. The van der Waals surface area contributed by atoms with E-state index in [-0.39, 0.29) is 6.61 Å². The molecule has 2 aromatic carbocycles. The first-order chi connectivity index (χ1) is 11.4. The van der Waals surface area contributed by atoms with Crippen LogP contribution in [0.1, 0.15) is 18.1 Å². The Hall–Kier alpha value is -1.27. The Morgan fingerprint density at radius 1 is 1.29 bits per heavy atom. The minimum absolute atomic E-state index is 0.224. The zero-order chi connectivity index (χ0) is 17.7. The first-order valence-electron chi connectivity index (χ1n) is 7.18. The summed E-state index contributed by atoms with van der Waals surface area (Å²) in [5.41, 5.74) is 1.54. The van der Waals surface area contributed by atoms with Crippen LogP contribution in [0.15, 0.2) is 40.9 Å². The zero-order valence-electron chi connectivity index (χ0n) is 12.9. The number of carboxylic acid groups (broad SMARTS) is 1. The Balaban J connectivity index is 2.13. The molecule has 0 saturated heterocycles. The molecule has 0 aliphatic carbocycles. The third-order valence-electron chi connectivity index (χ3n) is 3.43. The highest BCUT2D eigenvalue weighted by atomic mass is 79.9. The third kappa shape index (κ3) is 5.11. The molecular formula is C17H16BrCl2NO3. The quantitative estimate of drug-likeness (QED) is 0.653. The minimum Gasteiger partial charge on any atom is -0.488 e. The lowest BCUT2D eigenvalue weighted by atomic mass is 10.2. The highest BCUT2D eigenvalue weighted by Gasteiger charge is 2.13. The fraction of sp³-hybridized carbons (Fsp3) is 0.235. The molecule has 0 fully saturated rings. The van der Waals surface area contributed by atoms with E-state index in [1.54, 1.807) is 25.1 Å². The molecule has 0 aliphatic rings. The second-order valence-corrected chi connectivity index (χ2v) is 6.91. The van der Waals surface area contributed by atoms with Crippen molar-refractivity contribution in [1.82, 2.24) is 5.32 Å². The van der Waals surface area contributed by atoms with Crippen molar-refractivity contribution in [3.8, 4) is 5.75 Å². The van der Waals surface area contributed by atoms with Gasteiger partial charge in [-0.05, 0) is 37.3 Å². The molecule has 0 saturated carbocycles. The van der Waals surface area contributed by atoms with Gasteiger partial charge in [-0.25, -0.2) is 0 Å². The van der Waals surface area contributed by atoms with E-state index in [1.165, 1.54) is 0 Å². The van der Waals surface area contributed by atoms with Crippen LogP contribution in [-0.4, -0.2) is 17.1 Å². The van der Waals surface area contributed by atoms with E-state index in [1.807, 2.05) is 18.2 Å². The molecular weight excluding hydrogens is 417 g/mol. The van der Waals surface area contributed by atoms with Gasteiger partial charge in [0.15, 0.2) is 0 Å². The Morgan fingerprint density at radius 2 is 1.96 bits per heavy atom. The fourth-order valence-electron chi connectivity index (χ4n) is 2.00. The van der Waals surface area contributed by atoms with E-state index in [2.05, 4.69) is 21.2 Å². The van der Waals surface area contributed by atoms with Crippen LogP contribution < -0.4 is 10.1 Å². The number of nitrogens with one attached hydrogen (secondary N) is 1. The lowest BCUT2D eigenvalue weighted by Gasteiger charge is -2.15. The summed E-state index contributed by atoms with van der Waals surface area (Å²) < 4.78 is 6.74. The van der Waals surface area contributed by atoms with Gasteiger partial charge in [-0.2, -0.15) is 0 Å². The number of aliphatic carboxylic acids is 1. The highest BCUT2D eigenvalue weighted by Crippen LogP contribution is 2.28. The molecule has 4 nitrogen and oxygen atoms in total. The van der Waals surface area contributed by atoms with Crippen molar-refractivity contribution in [2.45, 2.75) is 26.1 Å².